The second-order valence-electron chi connectivity index (χ2n) is 7.83. The quantitative estimate of drug-likeness (QED) is 0.789. The van der Waals surface area contributed by atoms with Gasteiger partial charge in [-0.1, -0.05) is 34.1 Å². The molecule has 4 atom stereocenters. The summed E-state index contributed by atoms with van der Waals surface area (Å²) in [5, 5.41) is 20.6. The number of ether oxygens (including phenoxy) is 1. The third-order valence-corrected chi connectivity index (χ3v) is 7.08. The Morgan fingerprint density at radius 3 is 2.40 bits per heavy atom. The molecule has 1 aromatic carbocycles. The molecule has 1 fully saturated rings. The number of rotatable bonds is 5. The number of carbonyl (C=O) groups is 1. The van der Waals surface area contributed by atoms with Crippen molar-refractivity contribution in [3.05, 3.63) is 22.8 Å². The maximum atomic E-state index is 11.8. The summed E-state index contributed by atoms with van der Waals surface area (Å²) in [6.07, 6.45) is 3.69. The minimum absolute atomic E-state index is 0.0650. The molecule has 2 aliphatic rings. The second-order valence-corrected chi connectivity index (χ2v) is 7.83. The van der Waals surface area contributed by atoms with Crippen molar-refractivity contribution in [3.63, 3.8) is 0 Å². The van der Waals surface area contributed by atoms with Crippen molar-refractivity contribution < 1.29 is 19.7 Å². The summed E-state index contributed by atoms with van der Waals surface area (Å²) < 4.78 is 6.22. The van der Waals surface area contributed by atoms with Crippen molar-refractivity contribution in [2.75, 3.05) is 0 Å². The fourth-order valence-electron chi connectivity index (χ4n) is 5.88. The van der Waals surface area contributed by atoms with Crippen LogP contribution in [0.15, 0.2) is 6.07 Å². The average molecular weight is 346 g/mol. The van der Waals surface area contributed by atoms with E-state index < -0.39 is 5.97 Å². The number of aryl methyl sites for hydroxylation is 1. The zero-order valence-electron chi connectivity index (χ0n) is 15.9. The minimum atomic E-state index is -1.05. The molecule has 3 rings (SSSR count). The zero-order valence-corrected chi connectivity index (χ0v) is 15.9. The molecule has 1 saturated carbocycles. The van der Waals surface area contributed by atoms with Crippen molar-refractivity contribution in [1.29, 1.82) is 0 Å². The first kappa shape index (κ1) is 18.1. The number of hydrogen-bond donors (Lipinski definition) is 2. The molecule has 2 unspecified atom stereocenters. The molecule has 0 spiro atoms. The SMILES string of the molecule is CCCc1cc2c(c(O)c1C(=O)O)C1C(C)C(CC)(CC)[C@H]1[C@H](C)O2. The third kappa shape index (κ3) is 2.29. The summed E-state index contributed by atoms with van der Waals surface area (Å²) in [6.45, 7) is 10.8. The van der Waals surface area contributed by atoms with Crippen LogP contribution in [0.1, 0.15) is 81.3 Å². The van der Waals surface area contributed by atoms with Crippen LogP contribution in [0.3, 0.4) is 0 Å². The van der Waals surface area contributed by atoms with E-state index in [0.29, 0.717) is 29.6 Å². The van der Waals surface area contributed by atoms with Gasteiger partial charge in [-0.05, 0) is 49.1 Å². The van der Waals surface area contributed by atoms with Gasteiger partial charge in [-0.2, -0.15) is 0 Å². The van der Waals surface area contributed by atoms with Gasteiger partial charge in [0.05, 0.1) is 6.10 Å². The van der Waals surface area contributed by atoms with Crippen molar-refractivity contribution in [2.24, 2.45) is 17.3 Å². The molecular weight excluding hydrogens is 316 g/mol. The lowest BCUT2D eigenvalue weighted by atomic mass is 9.42. The molecule has 0 amide bonds. The Hall–Kier alpha value is -1.71. The van der Waals surface area contributed by atoms with Crippen LogP contribution < -0.4 is 4.74 Å². The van der Waals surface area contributed by atoms with E-state index in [2.05, 4.69) is 27.7 Å². The molecule has 138 valence electrons. The fraction of sp³-hybridized carbons (Fsp3) is 0.667. The standard InChI is InChI=1S/C21H30O4/c1-6-9-13-10-14-17(19(22)16(13)20(23)24)15-11(4)21(7-2,8-3)18(15)12(5)25-14/h10-12,15,18,22H,6-9H2,1-5H3,(H,23,24)/t11?,12-,15?,18-/m0/s1. The maximum absolute atomic E-state index is 11.8. The molecule has 0 radical (unpaired) electrons. The molecule has 0 aromatic heterocycles. The van der Waals surface area contributed by atoms with Crippen LogP contribution >= 0.6 is 0 Å². The minimum Gasteiger partial charge on any atom is -0.507 e. The summed E-state index contributed by atoms with van der Waals surface area (Å²) in [5.74, 6) is 0.475. The molecule has 1 aromatic rings. The molecule has 25 heavy (non-hydrogen) atoms. The van der Waals surface area contributed by atoms with Crippen LogP contribution in [-0.4, -0.2) is 22.3 Å². The lowest BCUT2D eigenvalue weighted by Gasteiger charge is -2.64. The molecule has 4 nitrogen and oxygen atoms in total. The Bertz CT molecular complexity index is 690. The highest BCUT2D eigenvalue weighted by molar-refractivity contribution is 5.94. The number of fused-ring (bicyclic) bond motifs is 3. The number of hydrogen-bond acceptors (Lipinski definition) is 3. The van der Waals surface area contributed by atoms with Gasteiger partial charge in [0.15, 0.2) is 0 Å². The molecule has 1 aliphatic heterocycles. The molecule has 4 heteroatoms. The van der Waals surface area contributed by atoms with Crippen molar-refractivity contribution >= 4 is 5.97 Å². The summed E-state index contributed by atoms with van der Waals surface area (Å²) in [7, 11) is 0. The van der Waals surface area contributed by atoms with E-state index in [1.165, 1.54) is 0 Å². The monoisotopic (exact) mass is 346 g/mol. The fourth-order valence-corrected chi connectivity index (χ4v) is 5.88. The van der Waals surface area contributed by atoms with Crippen LogP contribution in [0.4, 0.5) is 0 Å². The van der Waals surface area contributed by atoms with Crippen LogP contribution in [0.25, 0.3) is 0 Å². The summed E-state index contributed by atoms with van der Waals surface area (Å²) in [4.78, 5) is 11.8. The van der Waals surface area contributed by atoms with E-state index in [4.69, 9.17) is 4.74 Å². The highest BCUT2D eigenvalue weighted by Gasteiger charge is 2.63. The number of carboxylic acids is 1. The van der Waals surface area contributed by atoms with E-state index >= 15 is 0 Å². The van der Waals surface area contributed by atoms with Gasteiger partial charge < -0.3 is 14.9 Å². The summed E-state index contributed by atoms with van der Waals surface area (Å²) in [5.41, 5.74) is 1.67. The van der Waals surface area contributed by atoms with Gasteiger partial charge in [0, 0.05) is 17.4 Å². The first-order valence-corrected chi connectivity index (χ1v) is 9.62. The summed E-state index contributed by atoms with van der Waals surface area (Å²) in [6, 6.07) is 1.86. The van der Waals surface area contributed by atoms with Gasteiger partial charge in [0.25, 0.3) is 0 Å². The number of aromatic hydroxyl groups is 1. The highest BCUT2D eigenvalue weighted by atomic mass is 16.5. The van der Waals surface area contributed by atoms with Crippen LogP contribution in [-0.2, 0) is 6.42 Å². The predicted molar refractivity (Wildman–Crippen MR) is 97.6 cm³/mol. The first-order valence-electron chi connectivity index (χ1n) is 9.62. The van der Waals surface area contributed by atoms with E-state index in [9.17, 15) is 15.0 Å². The van der Waals surface area contributed by atoms with E-state index in [1.807, 2.05) is 13.0 Å². The van der Waals surface area contributed by atoms with Gasteiger partial charge in [-0.3, -0.25) is 0 Å². The Morgan fingerprint density at radius 2 is 1.88 bits per heavy atom. The molecule has 0 bridgehead atoms. The largest absolute Gasteiger partial charge is 0.507 e. The Morgan fingerprint density at radius 1 is 1.24 bits per heavy atom. The Kier molecular flexibility index (Phi) is 4.50. The van der Waals surface area contributed by atoms with E-state index in [1.54, 1.807) is 0 Å². The Labute approximate surface area is 150 Å². The average Bonchev–Trinajstić information content (AvgIpc) is 2.55. The molecule has 0 saturated heterocycles. The summed E-state index contributed by atoms with van der Waals surface area (Å²) >= 11 is 0. The molecular formula is C21H30O4. The zero-order chi connectivity index (χ0) is 18.5. The van der Waals surface area contributed by atoms with Gasteiger partial charge in [-0.25, -0.2) is 4.79 Å². The molecule has 2 N–H and O–H groups in total. The molecule has 1 aliphatic carbocycles. The normalized spacial score (nSPS) is 29.2. The van der Waals surface area contributed by atoms with Crippen LogP contribution in [0.5, 0.6) is 11.5 Å². The van der Waals surface area contributed by atoms with Crippen molar-refractivity contribution in [1.82, 2.24) is 0 Å². The first-order chi connectivity index (χ1) is 11.8. The highest BCUT2D eigenvalue weighted by Crippen LogP contribution is 2.69. The van der Waals surface area contributed by atoms with Gasteiger partial charge in [-0.15, -0.1) is 0 Å². The smallest absolute Gasteiger partial charge is 0.339 e. The van der Waals surface area contributed by atoms with E-state index in [0.717, 1.165) is 24.8 Å². The number of carboxylic acid groups (broad SMARTS) is 1. The molecule has 1 heterocycles. The number of phenols is 1. The number of benzene rings is 1. The lowest BCUT2D eigenvalue weighted by Crippen LogP contribution is -2.60. The van der Waals surface area contributed by atoms with Crippen LogP contribution in [0.2, 0.25) is 0 Å². The predicted octanol–water partition coefficient (Wildman–Crippen LogP) is 4.98. The van der Waals surface area contributed by atoms with Crippen LogP contribution in [0, 0.1) is 17.3 Å². The van der Waals surface area contributed by atoms with Crippen molar-refractivity contribution in [3.8, 4) is 11.5 Å². The second kappa shape index (κ2) is 6.22. The maximum Gasteiger partial charge on any atom is 0.339 e. The Balaban J connectivity index is 2.17. The van der Waals surface area contributed by atoms with Gasteiger partial charge in [0.1, 0.15) is 17.1 Å². The van der Waals surface area contributed by atoms with Gasteiger partial charge in [0.2, 0.25) is 0 Å². The van der Waals surface area contributed by atoms with Crippen molar-refractivity contribution in [2.45, 2.75) is 72.3 Å². The third-order valence-electron chi connectivity index (χ3n) is 7.08. The number of aromatic carboxylic acids is 1. The van der Waals surface area contributed by atoms with E-state index in [-0.39, 0.29) is 28.7 Å². The van der Waals surface area contributed by atoms with Gasteiger partial charge >= 0.3 is 5.97 Å². The topological polar surface area (TPSA) is 66.8 Å². The lowest BCUT2D eigenvalue weighted by molar-refractivity contribution is -0.140.